The lowest BCUT2D eigenvalue weighted by molar-refractivity contribution is 0.00684. The van der Waals surface area contributed by atoms with Crippen LogP contribution in [0.5, 0.6) is 0 Å². The zero-order valence-electron chi connectivity index (χ0n) is 15.0. The second-order valence-electron chi connectivity index (χ2n) is 4.44. The maximum atomic E-state index is 11.4. The molecule has 23 heavy (non-hydrogen) atoms. The van der Waals surface area contributed by atoms with Crippen molar-refractivity contribution in [1.29, 1.82) is 0 Å². The predicted octanol–water partition coefficient (Wildman–Crippen LogP) is 5.13. The molecular formula is C20H28O3. The first-order chi connectivity index (χ1) is 11.1. The van der Waals surface area contributed by atoms with Crippen molar-refractivity contribution in [3.05, 3.63) is 59.2 Å². The van der Waals surface area contributed by atoms with Gasteiger partial charge in [-0.05, 0) is 48.2 Å². The highest BCUT2D eigenvalue weighted by Gasteiger charge is 2.06. The fourth-order valence-electron chi connectivity index (χ4n) is 1.86. The quantitative estimate of drug-likeness (QED) is 0.631. The lowest BCUT2D eigenvalue weighted by Gasteiger charge is -2.06. The molecule has 0 heterocycles. The zero-order valence-corrected chi connectivity index (χ0v) is 15.0. The number of aliphatic hydroxyl groups is 1. The standard InChI is InChI=1S/C16H16O3.2C2H6/c1-11-3-4-15(9-12(11)2)13-5-7-14(8-6-13)16(18)19-10-17;2*1-2/h3-9,17H,10H2,1-2H3;2*1-2H3. The van der Waals surface area contributed by atoms with E-state index in [9.17, 15) is 4.79 Å². The van der Waals surface area contributed by atoms with E-state index < -0.39 is 12.8 Å². The smallest absolute Gasteiger partial charge is 0.340 e. The van der Waals surface area contributed by atoms with Gasteiger partial charge in [0.1, 0.15) is 0 Å². The van der Waals surface area contributed by atoms with Gasteiger partial charge >= 0.3 is 5.97 Å². The number of rotatable bonds is 3. The van der Waals surface area contributed by atoms with Gasteiger partial charge in [-0.25, -0.2) is 4.79 Å². The van der Waals surface area contributed by atoms with Gasteiger partial charge in [0, 0.05) is 0 Å². The Bertz CT molecular complexity index is 586. The molecule has 0 spiro atoms. The van der Waals surface area contributed by atoms with E-state index in [-0.39, 0.29) is 0 Å². The molecule has 0 atom stereocenters. The third kappa shape index (κ3) is 6.25. The molecule has 0 saturated carbocycles. The number of aryl methyl sites for hydroxylation is 2. The Kier molecular flexibility index (Phi) is 10.4. The molecule has 1 N–H and O–H groups in total. The fraction of sp³-hybridized carbons (Fsp3) is 0.350. The van der Waals surface area contributed by atoms with E-state index in [4.69, 9.17) is 5.11 Å². The van der Waals surface area contributed by atoms with Crippen LogP contribution >= 0.6 is 0 Å². The Morgan fingerprint density at radius 1 is 0.870 bits per heavy atom. The Balaban J connectivity index is 0.00000112. The molecule has 0 bridgehead atoms. The zero-order chi connectivity index (χ0) is 17.8. The normalized spacial score (nSPS) is 9.00. The van der Waals surface area contributed by atoms with Crippen LogP contribution in [-0.2, 0) is 4.74 Å². The van der Waals surface area contributed by atoms with E-state index in [1.807, 2.05) is 39.8 Å². The van der Waals surface area contributed by atoms with Crippen molar-refractivity contribution in [2.45, 2.75) is 41.5 Å². The second-order valence-corrected chi connectivity index (χ2v) is 4.44. The number of carbonyl (C=O) groups is 1. The minimum absolute atomic E-state index is 0.432. The van der Waals surface area contributed by atoms with Gasteiger partial charge < -0.3 is 9.84 Å². The molecule has 126 valence electrons. The van der Waals surface area contributed by atoms with Crippen LogP contribution < -0.4 is 0 Å². The summed E-state index contributed by atoms with van der Waals surface area (Å²) in [7, 11) is 0. The van der Waals surface area contributed by atoms with Gasteiger partial charge in [0.05, 0.1) is 5.56 Å². The highest BCUT2D eigenvalue weighted by atomic mass is 16.6. The summed E-state index contributed by atoms with van der Waals surface area (Å²) in [5.74, 6) is -0.519. The molecule has 3 heteroatoms. The molecule has 0 saturated heterocycles. The van der Waals surface area contributed by atoms with Crippen LogP contribution in [-0.4, -0.2) is 17.9 Å². The lowest BCUT2D eigenvalue weighted by Crippen LogP contribution is -2.05. The van der Waals surface area contributed by atoms with E-state index in [2.05, 4.69) is 36.8 Å². The number of aliphatic hydroxyl groups excluding tert-OH is 1. The number of ether oxygens (including phenoxy) is 1. The molecule has 0 fully saturated rings. The Hall–Kier alpha value is -2.13. The minimum atomic E-state index is -0.599. The summed E-state index contributed by atoms with van der Waals surface area (Å²) in [6, 6.07) is 13.4. The van der Waals surface area contributed by atoms with Crippen LogP contribution in [0.1, 0.15) is 49.2 Å². The molecule has 0 aromatic heterocycles. The number of carbonyl (C=O) groups excluding carboxylic acids is 1. The molecular weight excluding hydrogens is 288 g/mol. The van der Waals surface area contributed by atoms with Gasteiger partial charge in [0.2, 0.25) is 0 Å². The summed E-state index contributed by atoms with van der Waals surface area (Å²) in [5, 5.41) is 8.54. The average Bonchev–Trinajstić information content (AvgIpc) is 2.61. The summed E-state index contributed by atoms with van der Waals surface area (Å²) in [6.07, 6.45) is 0. The van der Waals surface area contributed by atoms with Crippen LogP contribution in [0.4, 0.5) is 0 Å². The van der Waals surface area contributed by atoms with Gasteiger partial charge in [0.15, 0.2) is 6.79 Å². The molecule has 0 unspecified atom stereocenters. The van der Waals surface area contributed by atoms with Gasteiger partial charge in [-0.1, -0.05) is 58.0 Å². The van der Waals surface area contributed by atoms with Crippen molar-refractivity contribution in [3.8, 4) is 11.1 Å². The van der Waals surface area contributed by atoms with Gasteiger partial charge in [0.25, 0.3) is 0 Å². The molecule has 2 aromatic carbocycles. The van der Waals surface area contributed by atoms with E-state index >= 15 is 0 Å². The first kappa shape index (κ1) is 20.9. The molecule has 0 aliphatic rings. The lowest BCUT2D eigenvalue weighted by atomic mass is 10.00. The van der Waals surface area contributed by atoms with Crippen molar-refractivity contribution < 1.29 is 14.6 Å². The Labute approximate surface area is 139 Å². The highest BCUT2D eigenvalue weighted by Crippen LogP contribution is 2.22. The molecule has 0 radical (unpaired) electrons. The number of hydrogen-bond donors (Lipinski definition) is 1. The maximum absolute atomic E-state index is 11.4. The van der Waals surface area contributed by atoms with E-state index in [1.54, 1.807) is 12.1 Å². The molecule has 2 aromatic rings. The minimum Gasteiger partial charge on any atom is -0.435 e. The Morgan fingerprint density at radius 2 is 1.39 bits per heavy atom. The topological polar surface area (TPSA) is 46.5 Å². The van der Waals surface area contributed by atoms with E-state index in [1.165, 1.54) is 11.1 Å². The van der Waals surface area contributed by atoms with Crippen molar-refractivity contribution in [1.82, 2.24) is 0 Å². The largest absolute Gasteiger partial charge is 0.435 e. The first-order valence-electron chi connectivity index (χ1n) is 8.07. The average molecular weight is 316 g/mol. The summed E-state index contributed by atoms with van der Waals surface area (Å²) in [5.41, 5.74) is 5.09. The van der Waals surface area contributed by atoms with Gasteiger partial charge in [-0.15, -0.1) is 0 Å². The van der Waals surface area contributed by atoms with Crippen molar-refractivity contribution in [2.24, 2.45) is 0 Å². The maximum Gasteiger partial charge on any atom is 0.340 e. The summed E-state index contributed by atoms with van der Waals surface area (Å²) in [4.78, 5) is 11.4. The molecule has 0 amide bonds. The monoisotopic (exact) mass is 316 g/mol. The van der Waals surface area contributed by atoms with Crippen LogP contribution in [0.3, 0.4) is 0 Å². The predicted molar refractivity (Wildman–Crippen MR) is 96.5 cm³/mol. The molecule has 0 aliphatic carbocycles. The van der Waals surface area contributed by atoms with Crippen LogP contribution in [0.2, 0.25) is 0 Å². The number of benzene rings is 2. The SMILES string of the molecule is CC.CC.Cc1ccc(-c2ccc(C(=O)OCO)cc2)cc1C. The fourth-order valence-corrected chi connectivity index (χ4v) is 1.86. The van der Waals surface area contributed by atoms with Crippen molar-refractivity contribution >= 4 is 5.97 Å². The summed E-state index contributed by atoms with van der Waals surface area (Å²) >= 11 is 0. The van der Waals surface area contributed by atoms with Crippen LogP contribution in [0, 0.1) is 13.8 Å². The first-order valence-corrected chi connectivity index (χ1v) is 8.07. The van der Waals surface area contributed by atoms with Crippen LogP contribution in [0.15, 0.2) is 42.5 Å². The van der Waals surface area contributed by atoms with Crippen molar-refractivity contribution in [2.75, 3.05) is 6.79 Å². The number of hydrogen-bond acceptors (Lipinski definition) is 3. The Morgan fingerprint density at radius 3 is 1.87 bits per heavy atom. The summed E-state index contributed by atoms with van der Waals surface area (Å²) < 4.78 is 4.52. The third-order valence-electron chi connectivity index (χ3n) is 3.16. The van der Waals surface area contributed by atoms with Crippen LogP contribution in [0.25, 0.3) is 11.1 Å². The molecule has 0 aliphatic heterocycles. The summed E-state index contributed by atoms with van der Waals surface area (Å²) in [6.45, 7) is 11.6. The molecule has 3 nitrogen and oxygen atoms in total. The third-order valence-corrected chi connectivity index (χ3v) is 3.16. The molecule has 2 rings (SSSR count). The van der Waals surface area contributed by atoms with Gasteiger partial charge in [-0.3, -0.25) is 0 Å². The van der Waals surface area contributed by atoms with Crippen molar-refractivity contribution in [3.63, 3.8) is 0 Å². The van der Waals surface area contributed by atoms with E-state index in [0.717, 1.165) is 11.1 Å². The second kappa shape index (κ2) is 11.4. The van der Waals surface area contributed by atoms with E-state index in [0.29, 0.717) is 5.56 Å². The number of esters is 1. The van der Waals surface area contributed by atoms with Gasteiger partial charge in [-0.2, -0.15) is 0 Å². The highest BCUT2D eigenvalue weighted by molar-refractivity contribution is 5.90.